The first-order chi connectivity index (χ1) is 7.55. The average Bonchev–Trinajstić information content (AvgIpc) is 2.37. The van der Waals surface area contributed by atoms with Crippen molar-refractivity contribution >= 4 is 21.4 Å². The fourth-order valence-electron chi connectivity index (χ4n) is 2.11. The molecule has 0 radical (unpaired) electrons. The Morgan fingerprint density at radius 2 is 1.94 bits per heavy atom. The van der Waals surface area contributed by atoms with Gasteiger partial charge in [-0.05, 0) is 12.8 Å². The van der Waals surface area contributed by atoms with Gasteiger partial charge in [-0.1, -0.05) is 18.0 Å². The molecule has 2 heterocycles. The van der Waals surface area contributed by atoms with Crippen LogP contribution < -0.4 is 0 Å². The van der Waals surface area contributed by atoms with E-state index in [0.29, 0.717) is 22.3 Å². The van der Waals surface area contributed by atoms with Crippen LogP contribution in [0.5, 0.6) is 0 Å². The molecular weight excluding hydrogens is 248 g/mol. The highest BCUT2D eigenvalue weighted by Crippen LogP contribution is 2.37. The van der Waals surface area contributed by atoms with Crippen LogP contribution >= 0.6 is 11.6 Å². The van der Waals surface area contributed by atoms with Gasteiger partial charge in [-0.25, -0.2) is 18.4 Å². The molecule has 0 bridgehead atoms. The third-order valence-corrected chi connectivity index (χ3v) is 5.01. The SMILES string of the molecule is O=S1(=O)Cc2nc(C3CCC3)nc(Cl)c2C1. The van der Waals surface area contributed by atoms with Gasteiger partial charge in [0.05, 0.1) is 17.2 Å². The van der Waals surface area contributed by atoms with Crippen molar-refractivity contribution in [2.75, 3.05) is 0 Å². The van der Waals surface area contributed by atoms with Crippen LogP contribution in [0.15, 0.2) is 0 Å². The van der Waals surface area contributed by atoms with Gasteiger partial charge in [0, 0.05) is 11.5 Å². The summed E-state index contributed by atoms with van der Waals surface area (Å²) in [5.74, 6) is 1.12. The minimum absolute atomic E-state index is 0.00782. The second-order valence-corrected chi connectivity index (χ2v) is 6.88. The average molecular weight is 259 g/mol. The van der Waals surface area contributed by atoms with Gasteiger partial charge in [0.25, 0.3) is 0 Å². The zero-order valence-electron chi connectivity index (χ0n) is 8.61. The number of halogens is 1. The number of hydrogen-bond acceptors (Lipinski definition) is 4. The molecule has 0 spiro atoms. The molecule has 1 aromatic rings. The van der Waals surface area contributed by atoms with Crippen molar-refractivity contribution < 1.29 is 8.42 Å². The summed E-state index contributed by atoms with van der Waals surface area (Å²) >= 11 is 6.01. The Bertz CT molecular complexity index is 552. The molecule has 1 saturated carbocycles. The van der Waals surface area contributed by atoms with E-state index in [4.69, 9.17) is 11.6 Å². The Hall–Kier alpha value is -0.680. The maximum atomic E-state index is 11.5. The fourth-order valence-corrected chi connectivity index (χ4v) is 3.95. The number of rotatable bonds is 1. The van der Waals surface area contributed by atoms with Crippen LogP contribution in [0.4, 0.5) is 0 Å². The predicted molar refractivity (Wildman–Crippen MR) is 60.0 cm³/mol. The fraction of sp³-hybridized carbons (Fsp3) is 0.600. The van der Waals surface area contributed by atoms with E-state index in [-0.39, 0.29) is 11.5 Å². The third kappa shape index (κ3) is 1.62. The van der Waals surface area contributed by atoms with E-state index in [9.17, 15) is 8.42 Å². The molecule has 0 N–H and O–H groups in total. The zero-order chi connectivity index (χ0) is 11.3. The van der Waals surface area contributed by atoms with Crippen molar-refractivity contribution in [2.24, 2.45) is 0 Å². The smallest absolute Gasteiger partial charge is 0.160 e. The van der Waals surface area contributed by atoms with Crippen molar-refractivity contribution in [2.45, 2.75) is 36.7 Å². The molecule has 3 rings (SSSR count). The predicted octanol–water partition coefficient (Wildman–Crippen LogP) is 1.83. The minimum atomic E-state index is -3.05. The number of aromatic nitrogens is 2. The summed E-state index contributed by atoms with van der Waals surface area (Å²) in [5.41, 5.74) is 1.21. The third-order valence-electron chi connectivity index (χ3n) is 3.25. The molecule has 0 saturated heterocycles. The second kappa shape index (κ2) is 3.40. The molecule has 1 aliphatic heterocycles. The molecule has 2 aliphatic rings. The number of nitrogens with zero attached hydrogens (tertiary/aromatic N) is 2. The van der Waals surface area contributed by atoms with Gasteiger partial charge < -0.3 is 0 Å². The highest BCUT2D eigenvalue weighted by atomic mass is 35.5. The van der Waals surface area contributed by atoms with E-state index < -0.39 is 9.84 Å². The van der Waals surface area contributed by atoms with Gasteiger partial charge in [-0.3, -0.25) is 0 Å². The quantitative estimate of drug-likeness (QED) is 0.721. The molecule has 0 atom stereocenters. The van der Waals surface area contributed by atoms with Crippen LogP contribution in [-0.2, 0) is 21.3 Å². The highest BCUT2D eigenvalue weighted by molar-refractivity contribution is 7.90. The van der Waals surface area contributed by atoms with Gasteiger partial charge in [0.2, 0.25) is 0 Å². The molecule has 1 aromatic heterocycles. The van der Waals surface area contributed by atoms with E-state index in [1.807, 2.05) is 0 Å². The molecule has 0 unspecified atom stereocenters. The lowest BCUT2D eigenvalue weighted by Gasteiger charge is -2.24. The van der Waals surface area contributed by atoms with E-state index in [1.165, 1.54) is 6.42 Å². The number of sulfone groups is 1. The molecule has 0 aromatic carbocycles. The lowest BCUT2D eigenvalue weighted by molar-refractivity contribution is 0.400. The minimum Gasteiger partial charge on any atom is -0.236 e. The lowest BCUT2D eigenvalue weighted by atomic mass is 9.85. The monoisotopic (exact) mass is 258 g/mol. The Morgan fingerprint density at radius 1 is 1.19 bits per heavy atom. The van der Waals surface area contributed by atoms with Gasteiger partial charge in [0.15, 0.2) is 9.84 Å². The number of hydrogen-bond donors (Lipinski definition) is 0. The van der Waals surface area contributed by atoms with Crippen LogP contribution in [0.25, 0.3) is 0 Å². The van der Waals surface area contributed by atoms with Crippen LogP contribution in [0, 0.1) is 0 Å². The normalized spacial score (nSPS) is 22.8. The Balaban J connectivity index is 2.06. The van der Waals surface area contributed by atoms with E-state index in [2.05, 4.69) is 9.97 Å². The standard InChI is InChI=1S/C10H11ClN2O2S/c11-9-7-4-16(14,15)5-8(7)12-10(13-9)6-2-1-3-6/h6H,1-5H2. The maximum absolute atomic E-state index is 11.5. The van der Waals surface area contributed by atoms with Crippen LogP contribution in [0.3, 0.4) is 0 Å². The summed E-state index contributed by atoms with van der Waals surface area (Å²) in [6, 6.07) is 0. The van der Waals surface area contributed by atoms with Crippen molar-refractivity contribution in [3.63, 3.8) is 0 Å². The molecule has 1 aliphatic carbocycles. The first-order valence-electron chi connectivity index (χ1n) is 5.31. The Morgan fingerprint density at radius 3 is 2.56 bits per heavy atom. The van der Waals surface area contributed by atoms with E-state index in [1.54, 1.807) is 0 Å². The molecule has 16 heavy (non-hydrogen) atoms. The van der Waals surface area contributed by atoms with Crippen LogP contribution in [0.1, 0.15) is 42.3 Å². The van der Waals surface area contributed by atoms with Crippen LogP contribution in [-0.4, -0.2) is 18.4 Å². The maximum Gasteiger partial charge on any atom is 0.160 e. The van der Waals surface area contributed by atoms with Crippen molar-refractivity contribution in [3.8, 4) is 0 Å². The number of fused-ring (bicyclic) bond motifs is 1. The summed E-state index contributed by atoms with van der Waals surface area (Å²) in [7, 11) is -3.05. The molecule has 4 nitrogen and oxygen atoms in total. The van der Waals surface area contributed by atoms with Gasteiger partial charge in [-0.15, -0.1) is 0 Å². The Kier molecular flexibility index (Phi) is 2.23. The molecule has 0 amide bonds. The summed E-state index contributed by atoms with van der Waals surface area (Å²) in [6.45, 7) is 0. The lowest BCUT2D eigenvalue weighted by Crippen LogP contribution is -2.14. The molecule has 6 heteroatoms. The van der Waals surface area contributed by atoms with Crippen LogP contribution in [0.2, 0.25) is 5.15 Å². The zero-order valence-corrected chi connectivity index (χ0v) is 10.2. The summed E-state index contributed by atoms with van der Waals surface area (Å²) in [4.78, 5) is 8.58. The van der Waals surface area contributed by atoms with Crippen molar-refractivity contribution in [1.82, 2.24) is 9.97 Å². The van der Waals surface area contributed by atoms with Gasteiger partial charge in [-0.2, -0.15) is 0 Å². The summed E-state index contributed by atoms with van der Waals surface area (Å²) in [5, 5.41) is 0.327. The van der Waals surface area contributed by atoms with E-state index >= 15 is 0 Å². The van der Waals surface area contributed by atoms with Crippen molar-refractivity contribution in [1.29, 1.82) is 0 Å². The summed E-state index contributed by atoms with van der Waals surface area (Å²) in [6.07, 6.45) is 3.37. The van der Waals surface area contributed by atoms with Gasteiger partial charge >= 0.3 is 0 Å². The highest BCUT2D eigenvalue weighted by Gasteiger charge is 2.31. The Labute approximate surface area is 99.0 Å². The topological polar surface area (TPSA) is 59.9 Å². The first kappa shape index (κ1) is 10.5. The second-order valence-electron chi connectivity index (χ2n) is 4.46. The molecule has 1 fully saturated rings. The molecule has 86 valence electrons. The van der Waals surface area contributed by atoms with Gasteiger partial charge in [0.1, 0.15) is 11.0 Å². The molecular formula is C10H11ClN2O2S. The largest absolute Gasteiger partial charge is 0.236 e. The van der Waals surface area contributed by atoms with E-state index in [0.717, 1.165) is 18.7 Å². The van der Waals surface area contributed by atoms with Crippen molar-refractivity contribution in [3.05, 3.63) is 22.2 Å². The first-order valence-corrected chi connectivity index (χ1v) is 7.51. The summed E-state index contributed by atoms with van der Waals surface area (Å²) < 4.78 is 23.0.